The van der Waals surface area contributed by atoms with E-state index in [1.165, 1.54) is 5.56 Å². The first-order chi connectivity index (χ1) is 11.6. The molecule has 24 heavy (non-hydrogen) atoms. The first-order valence-electron chi connectivity index (χ1n) is 7.92. The van der Waals surface area contributed by atoms with Crippen LogP contribution in [0.4, 0.5) is 0 Å². The number of nitriles is 1. The van der Waals surface area contributed by atoms with Gasteiger partial charge in [-0.1, -0.05) is 12.1 Å². The second kappa shape index (κ2) is 5.77. The molecule has 4 rings (SSSR count). The molecule has 1 atom stereocenters. The maximum Gasteiger partial charge on any atom is 0.135 e. The summed E-state index contributed by atoms with van der Waals surface area (Å²) in [5.41, 5.74) is 4.90. The predicted molar refractivity (Wildman–Crippen MR) is 98.1 cm³/mol. The highest BCUT2D eigenvalue weighted by atomic mass is 32.1. The van der Waals surface area contributed by atoms with Crippen LogP contribution >= 0.6 is 11.3 Å². The summed E-state index contributed by atoms with van der Waals surface area (Å²) in [5, 5.41) is 10.4. The molecule has 0 saturated heterocycles. The molecule has 0 fully saturated rings. The van der Waals surface area contributed by atoms with E-state index in [9.17, 15) is 5.26 Å². The molecule has 1 aliphatic rings. The van der Waals surface area contributed by atoms with Crippen molar-refractivity contribution in [3.8, 4) is 11.8 Å². The number of ether oxygens (including phenoxy) is 1. The standard InChI is InChI=1S/C20H16N2OS/c1-12-7-14(9-15-8-13(2)23-19(12)15)10-16(11-21)20-22-17-5-3-4-6-18(17)24-20/h3-7,9-10,13H,8H2,1-2H3. The van der Waals surface area contributed by atoms with Gasteiger partial charge in [-0.2, -0.15) is 5.26 Å². The van der Waals surface area contributed by atoms with Gasteiger partial charge in [0.1, 0.15) is 22.9 Å². The van der Waals surface area contributed by atoms with Gasteiger partial charge in [0.15, 0.2) is 0 Å². The summed E-state index contributed by atoms with van der Waals surface area (Å²) >= 11 is 1.55. The summed E-state index contributed by atoms with van der Waals surface area (Å²) in [6, 6.07) is 14.5. The van der Waals surface area contributed by atoms with Crippen LogP contribution in [0.1, 0.15) is 28.6 Å². The molecule has 3 nitrogen and oxygen atoms in total. The molecule has 4 heteroatoms. The fourth-order valence-electron chi connectivity index (χ4n) is 3.13. The number of allylic oxidation sites excluding steroid dienone is 1. The first-order valence-corrected chi connectivity index (χ1v) is 8.73. The lowest BCUT2D eigenvalue weighted by Gasteiger charge is -2.07. The third-order valence-electron chi connectivity index (χ3n) is 4.16. The van der Waals surface area contributed by atoms with Crippen molar-refractivity contribution in [1.29, 1.82) is 5.26 Å². The van der Waals surface area contributed by atoms with Crippen molar-refractivity contribution >= 4 is 33.2 Å². The zero-order valence-electron chi connectivity index (χ0n) is 13.5. The average molecular weight is 332 g/mol. The van der Waals surface area contributed by atoms with Crippen LogP contribution in [0.25, 0.3) is 21.9 Å². The Kier molecular flexibility index (Phi) is 3.59. The van der Waals surface area contributed by atoms with Gasteiger partial charge in [-0.15, -0.1) is 11.3 Å². The molecule has 0 radical (unpaired) electrons. The Balaban J connectivity index is 1.77. The highest BCUT2D eigenvalue weighted by Gasteiger charge is 2.21. The monoisotopic (exact) mass is 332 g/mol. The highest BCUT2D eigenvalue weighted by Crippen LogP contribution is 2.35. The molecule has 1 aromatic heterocycles. The van der Waals surface area contributed by atoms with Crippen LogP contribution in [-0.4, -0.2) is 11.1 Å². The van der Waals surface area contributed by atoms with Crippen molar-refractivity contribution in [2.45, 2.75) is 26.4 Å². The van der Waals surface area contributed by atoms with E-state index >= 15 is 0 Å². The summed E-state index contributed by atoms with van der Waals surface area (Å²) in [6.07, 6.45) is 3.06. The number of rotatable bonds is 2. The van der Waals surface area contributed by atoms with E-state index in [0.717, 1.165) is 38.5 Å². The van der Waals surface area contributed by atoms with Gasteiger partial charge in [-0.05, 0) is 60.9 Å². The second-order valence-electron chi connectivity index (χ2n) is 6.12. The molecule has 0 amide bonds. The molecule has 118 valence electrons. The molecular weight excluding hydrogens is 316 g/mol. The summed E-state index contributed by atoms with van der Waals surface area (Å²) in [7, 11) is 0. The summed E-state index contributed by atoms with van der Waals surface area (Å²) in [4.78, 5) is 4.59. The first kappa shape index (κ1) is 14.9. The van der Waals surface area contributed by atoms with Crippen molar-refractivity contribution in [2.75, 3.05) is 0 Å². The van der Waals surface area contributed by atoms with Crippen molar-refractivity contribution < 1.29 is 4.74 Å². The molecule has 2 aromatic carbocycles. The van der Waals surface area contributed by atoms with Crippen LogP contribution in [0.3, 0.4) is 0 Å². The van der Waals surface area contributed by atoms with E-state index in [0.29, 0.717) is 5.57 Å². The molecule has 1 aliphatic heterocycles. The van der Waals surface area contributed by atoms with Gasteiger partial charge in [-0.25, -0.2) is 4.98 Å². The van der Waals surface area contributed by atoms with Gasteiger partial charge in [-0.3, -0.25) is 0 Å². The molecule has 0 spiro atoms. The van der Waals surface area contributed by atoms with Gasteiger partial charge in [0.25, 0.3) is 0 Å². The zero-order valence-corrected chi connectivity index (χ0v) is 14.4. The number of hydrogen-bond acceptors (Lipinski definition) is 4. The number of para-hydroxylation sites is 1. The van der Waals surface area contributed by atoms with Crippen LogP contribution in [0.2, 0.25) is 0 Å². The SMILES string of the molecule is Cc1cc(C=C(C#N)c2nc3ccccc3s2)cc2c1OC(C)C2. The third-order valence-corrected chi connectivity index (χ3v) is 5.23. The number of hydrogen-bond donors (Lipinski definition) is 0. The lowest BCUT2D eigenvalue weighted by molar-refractivity contribution is 0.253. The Morgan fingerprint density at radius 2 is 2.21 bits per heavy atom. The zero-order chi connectivity index (χ0) is 16.7. The fourth-order valence-corrected chi connectivity index (χ4v) is 4.06. The van der Waals surface area contributed by atoms with Crippen LogP contribution < -0.4 is 4.74 Å². The number of aromatic nitrogens is 1. The van der Waals surface area contributed by atoms with Gasteiger partial charge >= 0.3 is 0 Å². The lowest BCUT2D eigenvalue weighted by atomic mass is 10.0. The Hall–Kier alpha value is -2.64. The molecular formula is C20H16N2OS. The number of aryl methyl sites for hydroxylation is 1. The largest absolute Gasteiger partial charge is 0.490 e. The molecule has 2 heterocycles. The van der Waals surface area contributed by atoms with Gasteiger partial charge in [0, 0.05) is 6.42 Å². The topological polar surface area (TPSA) is 45.9 Å². The Bertz CT molecular complexity index is 977. The Labute approximate surface area is 144 Å². The van der Waals surface area contributed by atoms with Crippen LogP contribution in [0, 0.1) is 18.3 Å². The minimum absolute atomic E-state index is 0.220. The van der Waals surface area contributed by atoms with Crippen molar-refractivity contribution in [3.63, 3.8) is 0 Å². The molecule has 1 unspecified atom stereocenters. The van der Waals surface area contributed by atoms with Crippen LogP contribution in [-0.2, 0) is 6.42 Å². The molecule has 0 aliphatic carbocycles. The van der Waals surface area contributed by atoms with E-state index in [1.54, 1.807) is 11.3 Å². The van der Waals surface area contributed by atoms with Crippen LogP contribution in [0.5, 0.6) is 5.75 Å². The van der Waals surface area contributed by atoms with Crippen molar-refractivity contribution in [2.24, 2.45) is 0 Å². The summed E-state index contributed by atoms with van der Waals surface area (Å²) in [6.45, 7) is 4.13. The van der Waals surface area contributed by atoms with E-state index in [1.807, 2.05) is 30.3 Å². The molecule has 0 bridgehead atoms. The lowest BCUT2D eigenvalue weighted by Crippen LogP contribution is -2.05. The predicted octanol–water partition coefficient (Wildman–Crippen LogP) is 4.99. The average Bonchev–Trinajstić information content (AvgIpc) is 3.15. The molecule has 0 saturated carbocycles. The van der Waals surface area contributed by atoms with E-state index in [-0.39, 0.29) is 6.10 Å². The summed E-state index contributed by atoms with van der Waals surface area (Å²) in [5.74, 6) is 0.998. The number of thiazole rings is 1. The maximum absolute atomic E-state index is 9.59. The highest BCUT2D eigenvalue weighted by molar-refractivity contribution is 7.19. The van der Waals surface area contributed by atoms with E-state index < -0.39 is 0 Å². The maximum atomic E-state index is 9.59. The fraction of sp³-hybridized carbons (Fsp3) is 0.200. The second-order valence-corrected chi connectivity index (χ2v) is 7.15. The van der Waals surface area contributed by atoms with E-state index in [2.05, 4.69) is 37.0 Å². The van der Waals surface area contributed by atoms with Gasteiger partial charge in [0.05, 0.1) is 15.8 Å². The minimum Gasteiger partial charge on any atom is -0.490 e. The summed E-state index contributed by atoms with van der Waals surface area (Å²) < 4.78 is 6.95. The smallest absolute Gasteiger partial charge is 0.135 e. The minimum atomic E-state index is 0.220. The number of nitrogens with zero attached hydrogens (tertiary/aromatic N) is 2. The number of benzene rings is 2. The molecule has 3 aromatic rings. The normalized spacial score (nSPS) is 16.7. The third kappa shape index (κ3) is 2.57. The quantitative estimate of drug-likeness (QED) is 0.621. The van der Waals surface area contributed by atoms with E-state index in [4.69, 9.17) is 4.74 Å². The van der Waals surface area contributed by atoms with Crippen molar-refractivity contribution in [1.82, 2.24) is 4.98 Å². The Morgan fingerprint density at radius 3 is 3.00 bits per heavy atom. The van der Waals surface area contributed by atoms with Gasteiger partial charge < -0.3 is 4.74 Å². The Morgan fingerprint density at radius 1 is 1.38 bits per heavy atom. The number of fused-ring (bicyclic) bond motifs is 2. The van der Waals surface area contributed by atoms with Crippen LogP contribution in [0.15, 0.2) is 36.4 Å². The molecule has 0 N–H and O–H groups in total. The van der Waals surface area contributed by atoms with Gasteiger partial charge in [0.2, 0.25) is 0 Å². The van der Waals surface area contributed by atoms with Crippen molar-refractivity contribution in [3.05, 3.63) is 58.1 Å².